The van der Waals surface area contributed by atoms with Gasteiger partial charge in [0.25, 0.3) is 5.91 Å². The summed E-state index contributed by atoms with van der Waals surface area (Å²) in [7, 11) is 0. The predicted molar refractivity (Wildman–Crippen MR) is 132 cm³/mol. The highest BCUT2D eigenvalue weighted by Crippen LogP contribution is 2.32. The summed E-state index contributed by atoms with van der Waals surface area (Å²) in [5, 5.41) is 3.02. The fourth-order valence-corrected chi connectivity index (χ4v) is 4.45. The average Bonchev–Trinajstić information content (AvgIpc) is 2.95. The molecule has 0 bridgehead atoms. The number of hydrogen-bond acceptors (Lipinski definition) is 5. The van der Waals surface area contributed by atoms with Crippen LogP contribution >= 0.6 is 0 Å². The molecule has 180 valence electrons. The Morgan fingerprint density at radius 1 is 1.15 bits per heavy atom. The molecule has 3 aromatic rings. The van der Waals surface area contributed by atoms with Crippen LogP contribution in [0.2, 0.25) is 0 Å². The number of aryl methyl sites for hydroxylation is 2. The van der Waals surface area contributed by atoms with Crippen molar-refractivity contribution in [2.75, 3.05) is 18.4 Å². The number of fused-ring (bicyclic) bond motifs is 1. The van der Waals surface area contributed by atoms with Crippen molar-refractivity contribution in [1.82, 2.24) is 19.4 Å². The number of aromatic nitrogens is 3. The Morgan fingerprint density at radius 3 is 2.68 bits per heavy atom. The molecule has 3 heterocycles. The van der Waals surface area contributed by atoms with Crippen molar-refractivity contribution < 1.29 is 14.3 Å². The van der Waals surface area contributed by atoms with Crippen LogP contribution < -0.4 is 5.32 Å². The maximum atomic E-state index is 13.1. The van der Waals surface area contributed by atoms with E-state index in [0.717, 1.165) is 41.6 Å². The highest BCUT2D eigenvalue weighted by Gasteiger charge is 2.30. The quantitative estimate of drug-likeness (QED) is 0.572. The second-order valence-corrected chi connectivity index (χ2v) is 9.96. The van der Waals surface area contributed by atoms with Crippen molar-refractivity contribution in [2.24, 2.45) is 0 Å². The molecule has 8 nitrogen and oxygen atoms in total. The zero-order chi connectivity index (χ0) is 24.5. The van der Waals surface area contributed by atoms with E-state index < -0.39 is 5.60 Å². The molecule has 0 spiro atoms. The molecular weight excluding hydrogens is 430 g/mol. The van der Waals surface area contributed by atoms with Gasteiger partial charge >= 0.3 is 6.09 Å². The number of anilines is 1. The van der Waals surface area contributed by atoms with Crippen molar-refractivity contribution in [3.05, 3.63) is 53.3 Å². The number of amides is 2. The van der Waals surface area contributed by atoms with Crippen LogP contribution in [-0.4, -0.2) is 50.1 Å². The van der Waals surface area contributed by atoms with E-state index in [1.807, 2.05) is 52.8 Å². The Labute approximate surface area is 200 Å². The van der Waals surface area contributed by atoms with Crippen LogP contribution in [0.15, 0.2) is 36.5 Å². The van der Waals surface area contributed by atoms with E-state index in [0.29, 0.717) is 24.6 Å². The first-order chi connectivity index (χ1) is 16.1. The minimum atomic E-state index is -0.557. The van der Waals surface area contributed by atoms with Crippen molar-refractivity contribution in [2.45, 2.75) is 65.5 Å². The predicted octanol–water partition coefficient (Wildman–Crippen LogP) is 5.26. The highest BCUT2D eigenvalue weighted by molar-refractivity contribution is 6.04. The van der Waals surface area contributed by atoms with Gasteiger partial charge in [0.2, 0.25) is 5.95 Å². The maximum Gasteiger partial charge on any atom is 0.410 e. The Kier molecular flexibility index (Phi) is 6.59. The number of para-hydroxylation sites is 1. The molecule has 2 aromatic heterocycles. The first-order valence-electron chi connectivity index (χ1n) is 11.8. The molecule has 1 unspecified atom stereocenters. The number of carbonyl (C=O) groups excluding carboxylic acids is 2. The zero-order valence-corrected chi connectivity index (χ0v) is 20.6. The smallest absolute Gasteiger partial charge is 0.410 e. The Morgan fingerprint density at radius 2 is 1.94 bits per heavy atom. The van der Waals surface area contributed by atoms with E-state index >= 15 is 0 Å². The van der Waals surface area contributed by atoms with Crippen molar-refractivity contribution in [3.8, 4) is 0 Å². The van der Waals surface area contributed by atoms with Gasteiger partial charge in [-0.2, -0.15) is 0 Å². The van der Waals surface area contributed by atoms with Gasteiger partial charge in [-0.25, -0.2) is 9.78 Å². The van der Waals surface area contributed by atoms with E-state index in [4.69, 9.17) is 9.72 Å². The van der Waals surface area contributed by atoms with Gasteiger partial charge in [0.15, 0.2) is 0 Å². The second-order valence-electron chi connectivity index (χ2n) is 9.96. The Hall–Kier alpha value is -3.42. The molecule has 0 radical (unpaired) electrons. The summed E-state index contributed by atoms with van der Waals surface area (Å²) in [5.41, 5.74) is 3.60. The number of benzene rings is 1. The van der Waals surface area contributed by atoms with Gasteiger partial charge in [-0.1, -0.05) is 12.1 Å². The standard InChI is InChI=1S/C26H33N5O3/c1-17-9-8-11-21-22(17)31(24(28-21)29-23(32)19-12-13-27-18(2)15-19)20-10-6-7-14-30(16-20)25(33)34-26(3,4)5/h8-9,11-13,15,20H,6-7,10,14,16H2,1-5H3,(H,28,29,32). The highest BCUT2D eigenvalue weighted by atomic mass is 16.6. The van der Waals surface area contributed by atoms with Crippen LogP contribution in [0.3, 0.4) is 0 Å². The van der Waals surface area contributed by atoms with Crippen molar-refractivity contribution in [1.29, 1.82) is 0 Å². The molecule has 2 amide bonds. The Bertz CT molecular complexity index is 1210. The lowest BCUT2D eigenvalue weighted by Crippen LogP contribution is -2.39. The molecule has 1 saturated heterocycles. The number of hydrogen-bond donors (Lipinski definition) is 1. The van der Waals surface area contributed by atoms with Crippen LogP contribution in [0.4, 0.5) is 10.7 Å². The summed E-state index contributed by atoms with van der Waals surface area (Å²) < 4.78 is 7.76. The third-order valence-corrected chi connectivity index (χ3v) is 5.96. The van der Waals surface area contributed by atoms with Crippen LogP contribution in [0.25, 0.3) is 11.0 Å². The van der Waals surface area contributed by atoms with Gasteiger partial charge in [0, 0.05) is 30.5 Å². The largest absolute Gasteiger partial charge is 0.444 e. The molecular formula is C26H33N5O3. The molecule has 1 aliphatic rings. The third-order valence-electron chi connectivity index (χ3n) is 5.96. The van der Waals surface area contributed by atoms with E-state index in [1.54, 1.807) is 23.2 Å². The van der Waals surface area contributed by atoms with Gasteiger partial charge in [0.1, 0.15) is 5.60 Å². The summed E-state index contributed by atoms with van der Waals surface area (Å²) in [6.07, 6.45) is 4.06. The number of rotatable bonds is 3. The molecule has 4 rings (SSSR count). The third kappa shape index (κ3) is 5.21. The first-order valence-corrected chi connectivity index (χ1v) is 11.8. The summed E-state index contributed by atoms with van der Waals surface area (Å²) in [6.45, 7) is 10.7. The molecule has 1 N–H and O–H groups in total. The molecule has 1 aliphatic heterocycles. The maximum absolute atomic E-state index is 13.1. The zero-order valence-electron chi connectivity index (χ0n) is 20.6. The number of likely N-dealkylation sites (tertiary alicyclic amines) is 1. The fourth-order valence-electron chi connectivity index (χ4n) is 4.45. The number of pyridine rings is 1. The van der Waals surface area contributed by atoms with Gasteiger partial charge in [-0.05, 0) is 77.6 Å². The van der Waals surface area contributed by atoms with Crippen LogP contribution in [0, 0.1) is 13.8 Å². The lowest BCUT2D eigenvalue weighted by Gasteiger charge is -2.29. The number of ether oxygens (including phenoxy) is 1. The summed E-state index contributed by atoms with van der Waals surface area (Å²) in [4.78, 5) is 36.7. The number of imidazole rings is 1. The van der Waals surface area contributed by atoms with Gasteiger partial charge in [-0.15, -0.1) is 0 Å². The lowest BCUT2D eigenvalue weighted by atomic mass is 10.1. The van der Waals surface area contributed by atoms with Crippen LogP contribution in [0.1, 0.15) is 67.7 Å². The van der Waals surface area contributed by atoms with Gasteiger partial charge in [0.05, 0.1) is 17.1 Å². The number of nitrogens with zero attached hydrogens (tertiary/aromatic N) is 4. The van der Waals surface area contributed by atoms with E-state index in [-0.39, 0.29) is 18.0 Å². The molecule has 0 aliphatic carbocycles. The minimum absolute atomic E-state index is 0.0457. The van der Waals surface area contributed by atoms with E-state index in [2.05, 4.69) is 14.9 Å². The molecule has 1 fully saturated rings. The number of carbonyl (C=O) groups is 2. The van der Waals surface area contributed by atoms with E-state index in [9.17, 15) is 9.59 Å². The van der Waals surface area contributed by atoms with Crippen molar-refractivity contribution >= 4 is 29.0 Å². The first kappa shape index (κ1) is 23.7. The van der Waals surface area contributed by atoms with E-state index in [1.165, 1.54) is 0 Å². The second kappa shape index (κ2) is 9.44. The van der Waals surface area contributed by atoms with Crippen LogP contribution in [0.5, 0.6) is 0 Å². The van der Waals surface area contributed by atoms with Crippen molar-refractivity contribution in [3.63, 3.8) is 0 Å². The van der Waals surface area contributed by atoms with Gasteiger partial charge < -0.3 is 14.2 Å². The molecule has 8 heteroatoms. The number of nitrogens with one attached hydrogen (secondary N) is 1. The van der Waals surface area contributed by atoms with Crippen LogP contribution in [-0.2, 0) is 4.74 Å². The fraction of sp³-hybridized carbons (Fsp3) is 0.462. The normalized spacial score (nSPS) is 16.9. The average molecular weight is 464 g/mol. The Balaban J connectivity index is 1.71. The monoisotopic (exact) mass is 463 g/mol. The SMILES string of the molecule is Cc1cc(C(=O)Nc2nc3cccc(C)c3n2C2CCCCN(C(=O)OC(C)(C)C)C2)ccn1. The molecule has 1 atom stereocenters. The summed E-state index contributed by atoms with van der Waals surface area (Å²) in [6, 6.07) is 9.36. The molecule has 1 aromatic carbocycles. The topological polar surface area (TPSA) is 89.4 Å². The molecule has 34 heavy (non-hydrogen) atoms. The van der Waals surface area contributed by atoms with Gasteiger partial charge in [-0.3, -0.25) is 15.1 Å². The minimum Gasteiger partial charge on any atom is -0.444 e. The molecule has 0 saturated carbocycles. The summed E-state index contributed by atoms with van der Waals surface area (Å²) in [5.74, 6) is 0.247. The lowest BCUT2D eigenvalue weighted by molar-refractivity contribution is 0.0238. The summed E-state index contributed by atoms with van der Waals surface area (Å²) >= 11 is 0.